The maximum atomic E-state index is 12.5. The molecule has 1 heterocycles. The lowest BCUT2D eigenvalue weighted by Crippen LogP contribution is -2.40. The summed E-state index contributed by atoms with van der Waals surface area (Å²) in [6.45, 7) is 2.29. The predicted octanol–water partition coefficient (Wildman–Crippen LogP) is 4.51. The average molecular weight is 411 g/mol. The molecule has 0 bridgehead atoms. The van der Waals surface area contributed by atoms with Gasteiger partial charge in [0.25, 0.3) is 5.91 Å². The van der Waals surface area contributed by atoms with Crippen LogP contribution in [0, 0.1) is 0 Å². The number of hydrogen-bond acceptors (Lipinski definition) is 3. The molecule has 3 rings (SSSR count). The largest absolute Gasteiger partial charge is 0.493 e. The van der Waals surface area contributed by atoms with Crippen molar-refractivity contribution in [3.05, 3.63) is 57.5 Å². The summed E-state index contributed by atoms with van der Waals surface area (Å²) in [6, 6.07) is 12.7. The lowest BCUT2D eigenvalue weighted by atomic mass is 10.0. The van der Waals surface area contributed by atoms with E-state index in [9.17, 15) is 4.79 Å². The van der Waals surface area contributed by atoms with Crippen LogP contribution in [-0.2, 0) is 4.79 Å². The number of carbonyl (C=O) groups is 1. The lowest BCUT2D eigenvalue weighted by Gasteiger charge is -2.28. The molecule has 0 aromatic heterocycles. The van der Waals surface area contributed by atoms with Gasteiger partial charge in [-0.3, -0.25) is 4.79 Å². The second kappa shape index (κ2) is 7.45. The zero-order chi connectivity index (χ0) is 17.1. The Labute approximate surface area is 154 Å². The molecule has 2 aromatic rings. The maximum absolute atomic E-state index is 12.5. The van der Waals surface area contributed by atoms with Gasteiger partial charge in [0.2, 0.25) is 0 Å². The van der Waals surface area contributed by atoms with Crippen molar-refractivity contribution in [3.63, 3.8) is 0 Å². The first-order valence-corrected chi connectivity index (χ1v) is 8.85. The van der Waals surface area contributed by atoms with Gasteiger partial charge in [0.05, 0.1) is 12.6 Å². The molecule has 1 amide bonds. The number of benzene rings is 2. The van der Waals surface area contributed by atoms with Crippen LogP contribution < -0.4 is 14.8 Å². The molecule has 1 aliphatic rings. The zero-order valence-electron chi connectivity index (χ0n) is 13.1. The second-order valence-electron chi connectivity index (χ2n) is 5.59. The van der Waals surface area contributed by atoms with Crippen molar-refractivity contribution in [2.24, 2.45) is 0 Å². The van der Waals surface area contributed by atoms with E-state index in [4.69, 9.17) is 21.1 Å². The third-order valence-electron chi connectivity index (χ3n) is 3.82. The van der Waals surface area contributed by atoms with Gasteiger partial charge in [-0.1, -0.05) is 27.5 Å². The highest BCUT2D eigenvalue weighted by atomic mass is 79.9. The van der Waals surface area contributed by atoms with Gasteiger partial charge in [-0.2, -0.15) is 0 Å². The number of fused-ring (bicyclic) bond motifs is 1. The van der Waals surface area contributed by atoms with Gasteiger partial charge >= 0.3 is 0 Å². The average Bonchev–Trinajstić information content (AvgIpc) is 2.57. The van der Waals surface area contributed by atoms with Crippen molar-refractivity contribution in [1.82, 2.24) is 5.32 Å². The first-order chi connectivity index (χ1) is 11.5. The van der Waals surface area contributed by atoms with E-state index in [-0.39, 0.29) is 11.9 Å². The molecule has 2 aromatic carbocycles. The van der Waals surface area contributed by atoms with E-state index >= 15 is 0 Å². The molecule has 0 aliphatic carbocycles. The van der Waals surface area contributed by atoms with Gasteiger partial charge in [-0.25, -0.2) is 0 Å². The van der Waals surface area contributed by atoms with Gasteiger partial charge in [0.1, 0.15) is 11.5 Å². The fourth-order valence-corrected chi connectivity index (χ4v) is 3.02. The number of hydrogen-bond donors (Lipinski definition) is 1. The molecule has 6 heteroatoms. The summed E-state index contributed by atoms with van der Waals surface area (Å²) >= 11 is 9.43. The van der Waals surface area contributed by atoms with E-state index in [1.807, 2.05) is 36.4 Å². The molecule has 0 saturated carbocycles. The first kappa shape index (κ1) is 17.1. The quantitative estimate of drug-likeness (QED) is 0.807. The summed E-state index contributed by atoms with van der Waals surface area (Å²) in [5, 5.41) is 3.64. The second-order valence-corrected chi connectivity index (χ2v) is 6.95. The molecule has 126 valence electrons. The van der Waals surface area contributed by atoms with Crippen LogP contribution in [0.5, 0.6) is 11.5 Å². The Morgan fingerprint density at radius 1 is 1.33 bits per heavy atom. The Bertz CT molecular complexity index is 736. The van der Waals surface area contributed by atoms with Crippen LogP contribution in [0.2, 0.25) is 5.02 Å². The molecule has 0 spiro atoms. The summed E-state index contributed by atoms with van der Waals surface area (Å²) in [5.41, 5.74) is 0.901. The minimum Gasteiger partial charge on any atom is -0.493 e. The molecule has 2 unspecified atom stereocenters. The lowest BCUT2D eigenvalue weighted by molar-refractivity contribution is -0.128. The number of nitrogens with one attached hydrogen (secondary N) is 1. The zero-order valence-corrected chi connectivity index (χ0v) is 15.4. The van der Waals surface area contributed by atoms with Crippen LogP contribution in [-0.4, -0.2) is 18.6 Å². The summed E-state index contributed by atoms with van der Waals surface area (Å²) in [5.74, 6) is 1.24. The van der Waals surface area contributed by atoms with Gasteiger partial charge in [-0.05, 0) is 49.4 Å². The van der Waals surface area contributed by atoms with Crippen LogP contribution in [0.25, 0.3) is 0 Å². The van der Waals surface area contributed by atoms with Gasteiger partial charge in [0.15, 0.2) is 6.10 Å². The Hall–Kier alpha value is -1.72. The fraction of sp³-hybridized carbons (Fsp3) is 0.278. The highest BCUT2D eigenvalue weighted by Crippen LogP contribution is 2.34. The third-order valence-corrected chi connectivity index (χ3v) is 4.59. The van der Waals surface area contributed by atoms with Crippen molar-refractivity contribution in [3.8, 4) is 11.5 Å². The topological polar surface area (TPSA) is 47.6 Å². The molecule has 24 heavy (non-hydrogen) atoms. The first-order valence-electron chi connectivity index (χ1n) is 7.68. The van der Waals surface area contributed by atoms with Gasteiger partial charge in [0, 0.05) is 21.5 Å². The van der Waals surface area contributed by atoms with E-state index in [1.54, 1.807) is 13.0 Å². The normalized spacial score (nSPS) is 17.4. The monoisotopic (exact) mass is 409 g/mol. The van der Waals surface area contributed by atoms with E-state index in [1.165, 1.54) is 0 Å². The SMILES string of the molecule is CC(Oc1ccc(Br)cc1)C(=O)NC1CCOc2ccc(Cl)cc21. The van der Waals surface area contributed by atoms with Crippen molar-refractivity contribution in [2.75, 3.05) is 6.61 Å². The van der Waals surface area contributed by atoms with Crippen molar-refractivity contribution in [2.45, 2.75) is 25.5 Å². The van der Waals surface area contributed by atoms with Crippen LogP contribution in [0.4, 0.5) is 0 Å². The number of amides is 1. The van der Waals surface area contributed by atoms with E-state index in [0.717, 1.165) is 15.8 Å². The Morgan fingerprint density at radius 3 is 2.83 bits per heavy atom. The molecular weight excluding hydrogens is 394 g/mol. The van der Waals surface area contributed by atoms with Crippen molar-refractivity contribution < 1.29 is 14.3 Å². The minimum absolute atomic E-state index is 0.129. The highest BCUT2D eigenvalue weighted by Gasteiger charge is 2.25. The fourth-order valence-electron chi connectivity index (χ4n) is 2.58. The number of ether oxygens (including phenoxy) is 2. The summed E-state index contributed by atoms with van der Waals surface area (Å²) in [4.78, 5) is 12.5. The van der Waals surface area contributed by atoms with E-state index in [2.05, 4.69) is 21.2 Å². The van der Waals surface area contributed by atoms with Crippen LogP contribution in [0.15, 0.2) is 46.9 Å². The van der Waals surface area contributed by atoms with Crippen LogP contribution in [0.3, 0.4) is 0 Å². The Kier molecular flexibility index (Phi) is 5.31. The summed E-state index contributed by atoms with van der Waals surface area (Å²) < 4.78 is 12.3. The highest BCUT2D eigenvalue weighted by molar-refractivity contribution is 9.10. The van der Waals surface area contributed by atoms with Crippen LogP contribution >= 0.6 is 27.5 Å². The summed E-state index contributed by atoms with van der Waals surface area (Å²) in [6.07, 6.45) is 0.0982. The molecular formula is C18H17BrClNO3. The molecule has 0 fully saturated rings. The van der Waals surface area contributed by atoms with Gasteiger partial charge < -0.3 is 14.8 Å². The molecule has 1 N–H and O–H groups in total. The number of rotatable bonds is 4. The van der Waals surface area contributed by atoms with Crippen molar-refractivity contribution >= 4 is 33.4 Å². The number of halogens is 2. The Morgan fingerprint density at radius 2 is 2.08 bits per heavy atom. The molecule has 2 atom stereocenters. The predicted molar refractivity (Wildman–Crippen MR) is 96.7 cm³/mol. The molecule has 0 saturated heterocycles. The van der Waals surface area contributed by atoms with E-state index < -0.39 is 6.10 Å². The minimum atomic E-state index is -0.600. The van der Waals surface area contributed by atoms with Crippen molar-refractivity contribution in [1.29, 1.82) is 0 Å². The number of carbonyl (C=O) groups excluding carboxylic acids is 1. The standard InChI is InChI=1S/C18H17BrClNO3/c1-11(24-14-5-2-12(19)3-6-14)18(22)21-16-8-9-23-17-7-4-13(20)10-15(16)17/h2-7,10-11,16H,8-9H2,1H3,(H,21,22). The third kappa shape index (κ3) is 4.02. The van der Waals surface area contributed by atoms with Crippen LogP contribution in [0.1, 0.15) is 24.9 Å². The molecule has 1 aliphatic heterocycles. The molecule has 4 nitrogen and oxygen atoms in total. The Balaban J connectivity index is 1.67. The smallest absolute Gasteiger partial charge is 0.261 e. The van der Waals surface area contributed by atoms with Gasteiger partial charge in [-0.15, -0.1) is 0 Å². The maximum Gasteiger partial charge on any atom is 0.261 e. The summed E-state index contributed by atoms with van der Waals surface area (Å²) in [7, 11) is 0. The molecule has 0 radical (unpaired) electrons. The van der Waals surface area contributed by atoms with E-state index in [0.29, 0.717) is 23.8 Å².